The summed E-state index contributed by atoms with van der Waals surface area (Å²) in [5, 5.41) is 6.47. The molecule has 16 heteroatoms. The second-order valence-electron chi connectivity index (χ2n) is 15.2. The minimum Gasteiger partial charge on any atom is -0.370 e. The fourth-order valence-corrected chi connectivity index (χ4v) is 7.03. The highest BCUT2D eigenvalue weighted by atomic mass is 32.2. The Bertz CT molecular complexity index is 2000. The van der Waals surface area contributed by atoms with E-state index < -0.39 is 27.9 Å². The van der Waals surface area contributed by atoms with Crippen molar-refractivity contribution < 1.29 is 21.6 Å². The molecule has 2 aromatic carbocycles. The first-order valence-electron chi connectivity index (χ1n) is 17.6. The van der Waals surface area contributed by atoms with E-state index in [-0.39, 0.29) is 41.5 Å². The third-order valence-electron chi connectivity index (χ3n) is 8.82. The molecule has 0 saturated carbocycles. The van der Waals surface area contributed by atoms with Crippen LogP contribution in [-0.4, -0.2) is 67.3 Å². The summed E-state index contributed by atoms with van der Waals surface area (Å²) in [7, 11) is -3.40. The SMILES string of the molecule is CC(C)(C)c1cc2cn(-c3ccc(C(NCCCN=C(N)N)C(F)(F)F)cc3)c(=O)nc2[nH]1.CC(C)(C)c1ccc(S(=O)(=O)NC2CCNCC2)cc1. The third-order valence-corrected chi connectivity index (χ3v) is 10.4. The second kappa shape index (κ2) is 16.8. The Balaban J connectivity index is 0.000000267. The minimum atomic E-state index is -4.50. The zero-order valence-corrected chi connectivity index (χ0v) is 32.0. The molecule has 2 aromatic heterocycles. The van der Waals surface area contributed by atoms with Gasteiger partial charge in [0.1, 0.15) is 11.7 Å². The Morgan fingerprint density at radius 1 is 0.981 bits per heavy atom. The predicted molar refractivity (Wildman–Crippen MR) is 204 cm³/mol. The zero-order chi connectivity index (χ0) is 39.2. The molecule has 53 heavy (non-hydrogen) atoms. The van der Waals surface area contributed by atoms with E-state index in [9.17, 15) is 26.4 Å². The smallest absolute Gasteiger partial charge is 0.370 e. The monoisotopic (exact) mass is 759 g/mol. The van der Waals surface area contributed by atoms with Crippen LogP contribution in [0.5, 0.6) is 0 Å². The molecule has 0 amide bonds. The number of alkyl halides is 3. The number of hydrogen-bond donors (Lipinski definition) is 6. The van der Waals surface area contributed by atoms with Crippen molar-refractivity contribution in [3.63, 3.8) is 0 Å². The molecule has 4 aromatic rings. The average molecular weight is 760 g/mol. The lowest BCUT2D eigenvalue weighted by atomic mass is 9.87. The normalized spacial score (nSPS) is 15.1. The zero-order valence-electron chi connectivity index (χ0n) is 31.1. The van der Waals surface area contributed by atoms with E-state index in [1.54, 1.807) is 18.3 Å². The number of guanidine groups is 1. The van der Waals surface area contributed by atoms with Crippen molar-refractivity contribution in [1.29, 1.82) is 0 Å². The van der Waals surface area contributed by atoms with Gasteiger partial charge in [0.05, 0.1) is 10.6 Å². The molecule has 1 aliphatic rings. The quantitative estimate of drug-likeness (QED) is 0.0751. The summed E-state index contributed by atoms with van der Waals surface area (Å²) in [6.45, 7) is 14.5. The van der Waals surface area contributed by atoms with Crippen LogP contribution in [0.25, 0.3) is 16.7 Å². The van der Waals surface area contributed by atoms with Gasteiger partial charge in [-0.3, -0.25) is 9.56 Å². The van der Waals surface area contributed by atoms with Crippen LogP contribution in [0.3, 0.4) is 0 Å². The molecule has 1 aliphatic heterocycles. The lowest BCUT2D eigenvalue weighted by Crippen LogP contribution is -2.42. The van der Waals surface area contributed by atoms with Gasteiger partial charge in [-0.25, -0.2) is 17.9 Å². The second-order valence-corrected chi connectivity index (χ2v) is 16.9. The Morgan fingerprint density at radius 2 is 1.60 bits per heavy atom. The van der Waals surface area contributed by atoms with Crippen LogP contribution in [0.4, 0.5) is 13.2 Å². The van der Waals surface area contributed by atoms with Crippen molar-refractivity contribution in [2.24, 2.45) is 16.5 Å². The maximum atomic E-state index is 13.6. The lowest BCUT2D eigenvalue weighted by molar-refractivity contribution is -0.157. The third kappa shape index (κ3) is 11.6. The molecule has 1 unspecified atom stereocenters. The van der Waals surface area contributed by atoms with Crippen LogP contribution in [0.15, 0.2) is 75.5 Å². The highest BCUT2D eigenvalue weighted by Crippen LogP contribution is 2.33. The largest absolute Gasteiger partial charge is 0.407 e. The number of aromatic nitrogens is 3. The highest BCUT2D eigenvalue weighted by Gasteiger charge is 2.40. The number of sulfonamides is 1. The topological polar surface area (TPSA) is 185 Å². The number of piperidine rings is 1. The van der Waals surface area contributed by atoms with Gasteiger partial charge in [-0.15, -0.1) is 0 Å². The van der Waals surface area contributed by atoms with Crippen molar-refractivity contribution in [1.82, 2.24) is 29.9 Å². The Hall–Kier alpha value is -4.25. The summed E-state index contributed by atoms with van der Waals surface area (Å²) in [5.74, 6) is -0.102. The van der Waals surface area contributed by atoms with Gasteiger partial charge in [0.2, 0.25) is 10.0 Å². The van der Waals surface area contributed by atoms with E-state index in [0.717, 1.165) is 42.6 Å². The predicted octanol–water partition coefficient (Wildman–Crippen LogP) is 4.88. The Labute approximate surface area is 309 Å². The lowest BCUT2D eigenvalue weighted by Gasteiger charge is -2.24. The van der Waals surface area contributed by atoms with Gasteiger partial charge >= 0.3 is 11.9 Å². The van der Waals surface area contributed by atoms with E-state index in [0.29, 0.717) is 22.7 Å². The summed E-state index contributed by atoms with van der Waals surface area (Å²) >= 11 is 0. The minimum absolute atomic E-state index is 0.0325. The molecular weight excluding hydrogens is 708 g/mol. The van der Waals surface area contributed by atoms with Crippen LogP contribution in [0.1, 0.15) is 83.7 Å². The summed E-state index contributed by atoms with van der Waals surface area (Å²) in [4.78, 5) is 23.9. The molecule has 0 radical (unpaired) electrons. The molecule has 12 nitrogen and oxygen atoms in total. The summed E-state index contributed by atoms with van der Waals surface area (Å²) < 4.78 is 69.6. The number of nitrogens with one attached hydrogen (secondary N) is 4. The first-order valence-corrected chi connectivity index (χ1v) is 19.1. The highest BCUT2D eigenvalue weighted by molar-refractivity contribution is 7.89. The van der Waals surface area contributed by atoms with Crippen LogP contribution in [0.2, 0.25) is 0 Å². The van der Waals surface area contributed by atoms with E-state index in [2.05, 4.69) is 51.1 Å². The van der Waals surface area contributed by atoms with Crippen molar-refractivity contribution in [2.45, 2.75) is 94.8 Å². The average Bonchev–Trinajstić information content (AvgIpc) is 3.49. The molecular formula is C37H52F3N9O3S. The Morgan fingerprint density at radius 3 is 2.15 bits per heavy atom. The summed E-state index contributed by atoms with van der Waals surface area (Å²) in [6, 6.07) is 12.9. The molecule has 0 bridgehead atoms. The maximum absolute atomic E-state index is 13.6. The van der Waals surface area contributed by atoms with Crippen LogP contribution < -0.4 is 32.5 Å². The van der Waals surface area contributed by atoms with E-state index in [1.165, 1.54) is 28.8 Å². The van der Waals surface area contributed by atoms with Gasteiger partial charge in [0.25, 0.3) is 0 Å². The number of halogens is 3. The molecule has 1 fully saturated rings. The van der Waals surface area contributed by atoms with Gasteiger partial charge < -0.3 is 27.1 Å². The van der Waals surface area contributed by atoms with Gasteiger partial charge in [-0.1, -0.05) is 65.8 Å². The van der Waals surface area contributed by atoms with Gasteiger partial charge in [-0.05, 0) is 85.8 Å². The molecule has 5 rings (SSSR count). The van der Waals surface area contributed by atoms with Crippen molar-refractivity contribution >= 4 is 27.0 Å². The van der Waals surface area contributed by atoms with Crippen molar-refractivity contribution in [3.05, 3.63) is 88.1 Å². The first kappa shape index (κ1) is 41.5. The first-order chi connectivity index (χ1) is 24.6. The van der Waals surface area contributed by atoms with Crippen molar-refractivity contribution in [3.8, 4) is 5.69 Å². The summed E-state index contributed by atoms with van der Waals surface area (Å²) in [6.07, 6.45) is -0.826. The number of nitrogens with zero attached hydrogens (tertiary/aromatic N) is 3. The number of benzene rings is 2. The maximum Gasteiger partial charge on any atom is 0.407 e. The standard InChI is InChI=1S/C22H28F3N7O.C15H24N2O2S/c1-21(2,3)16-11-14-12-32(20(33)31-18(14)30-16)15-7-5-13(6-8-15)17(22(23,24)25)28-9-4-10-29-19(26)27;1-15(2,3)12-4-6-14(7-5-12)20(18,19)17-13-8-10-16-11-9-13/h5-8,11-12,17,28H,4,9-10H2,1-3H3,(H4,26,27,29)(H,30,31,33);4-7,13,16-17H,8-11H2,1-3H3. The number of rotatable bonds is 10. The Kier molecular flexibility index (Phi) is 13.2. The fraction of sp³-hybridized carbons (Fsp3) is 0.486. The number of aliphatic imine (C=N–C) groups is 1. The number of H-pyrrole nitrogens is 1. The van der Waals surface area contributed by atoms with E-state index in [1.807, 2.05) is 39.0 Å². The van der Waals surface area contributed by atoms with Crippen molar-refractivity contribution in [2.75, 3.05) is 26.2 Å². The molecule has 8 N–H and O–H groups in total. The van der Waals surface area contributed by atoms with E-state index >= 15 is 0 Å². The molecule has 3 heterocycles. The number of aromatic amines is 1. The van der Waals surface area contributed by atoms with Crippen LogP contribution >= 0.6 is 0 Å². The molecule has 290 valence electrons. The van der Waals surface area contributed by atoms with Gasteiger partial charge in [0.15, 0.2) is 5.96 Å². The number of nitrogens with two attached hydrogens (primary N) is 2. The van der Waals surface area contributed by atoms with Gasteiger partial charge in [0, 0.05) is 35.3 Å². The summed E-state index contributed by atoms with van der Waals surface area (Å²) in [5.41, 5.74) is 12.8. The van der Waals surface area contributed by atoms with E-state index in [4.69, 9.17) is 11.5 Å². The number of hydrogen-bond acceptors (Lipinski definition) is 7. The fourth-order valence-electron chi connectivity index (χ4n) is 5.73. The molecule has 0 spiro atoms. The number of fused-ring (bicyclic) bond motifs is 1. The molecule has 0 aliphatic carbocycles. The van der Waals surface area contributed by atoms with Gasteiger partial charge in [-0.2, -0.15) is 18.2 Å². The van der Waals surface area contributed by atoms with Crippen LogP contribution in [0, 0.1) is 0 Å². The molecule has 1 atom stereocenters. The van der Waals surface area contributed by atoms with Crippen LogP contribution in [-0.2, 0) is 20.9 Å². The molecule has 1 saturated heterocycles.